The summed E-state index contributed by atoms with van der Waals surface area (Å²) in [7, 11) is 1.91. The van der Waals surface area contributed by atoms with E-state index in [4.69, 9.17) is 22.2 Å². The number of nitrogens with zero attached hydrogens (tertiary/aromatic N) is 5. The predicted octanol–water partition coefficient (Wildman–Crippen LogP) is 1.50. The molecule has 250 valence electrons. The molecule has 0 spiro atoms. The molecule has 3 atom stereocenters. The van der Waals surface area contributed by atoms with Crippen LogP contribution in [0.5, 0.6) is 0 Å². The van der Waals surface area contributed by atoms with E-state index in [0.29, 0.717) is 11.3 Å². The molecule has 0 aromatic carbocycles. The topological polar surface area (TPSA) is 205 Å². The van der Waals surface area contributed by atoms with Crippen LogP contribution < -0.4 is 20.9 Å². The molecule has 0 saturated carbocycles. The van der Waals surface area contributed by atoms with Gasteiger partial charge in [0.15, 0.2) is 23.6 Å². The van der Waals surface area contributed by atoms with Gasteiger partial charge in [0.2, 0.25) is 11.6 Å². The number of rotatable bonds is 14. The van der Waals surface area contributed by atoms with Crippen LogP contribution >= 0.6 is 34.7 Å². The number of fused-ring (bicyclic) bond motifs is 2. The SMILES string of the molecule is CNCCCn1ccc2c1ccc[n+]2CC1=C(C(=O)O)N2C(=O)C(NC(=O)C(=NO[C@@H](C(=O)O)C(C)C)c3nc(N)sc3Cl)C2SC1. The molecule has 6 N–H and O–H groups in total. The molecule has 5 rings (SSSR count). The molecule has 0 radical (unpaired) electrons. The number of carboxylic acids is 2. The first kappa shape index (κ1) is 34.2. The number of aryl methyl sites for hydroxylation is 1. The highest BCUT2D eigenvalue weighted by Gasteiger charge is 2.55. The number of thiazole rings is 1. The fourth-order valence-corrected chi connectivity index (χ4v) is 7.68. The van der Waals surface area contributed by atoms with E-state index in [1.807, 2.05) is 42.2 Å². The van der Waals surface area contributed by atoms with E-state index in [9.17, 15) is 29.4 Å². The Labute approximate surface area is 282 Å². The first-order chi connectivity index (χ1) is 22.4. The Bertz CT molecular complexity index is 1790. The van der Waals surface area contributed by atoms with Gasteiger partial charge in [0, 0.05) is 42.1 Å². The number of nitrogens with one attached hydrogen (secondary N) is 2. The van der Waals surface area contributed by atoms with Gasteiger partial charge in [0.1, 0.15) is 32.7 Å². The van der Waals surface area contributed by atoms with Gasteiger partial charge in [-0.2, -0.15) is 4.57 Å². The van der Waals surface area contributed by atoms with Crippen molar-refractivity contribution in [2.75, 3.05) is 25.1 Å². The lowest BCUT2D eigenvalue weighted by Crippen LogP contribution is -2.71. The summed E-state index contributed by atoms with van der Waals surface area (Å²) in [4.78, 5) is 61.5. The molecule has 47 heavy (non-hydrogen) atoms. The number of pyridine rings is 1. The number of carbonyl (C=O) groups is 4. The largest absolute Gasteiger partial charge is 0.478 e. The third-order valence-electron chi connectivity index (χ3n) is 7.69. The number of nitrogen functional groups attached to an aromatic ring is 1. The van der Waals surface area contributed by atoms with Crippen molar-refractivity contribution in [1.29, 1.82) is 0 Å². The van der Waals surface area contributed by atoms with Crippen LogP contribution in [0.4, 0.5) is 5.13 Å². The zero-order valence-corrected chi connectivity index (χ0v) is 28.1. The van der Waals surface area contributed by atoms with Gasteiger partial charge in [-0.15, -0.1) is 11.8 Å². The van der Waals surface area contributed by atoms with Gasteiger partial charge >= 0.3 is 11.9 Å². The molecule has 1 fully saturated rings. The summed E-state index contributed by atoms with van der Waals surface area (Å²) in [5.74, 6) is -4.30. The molecule has 15 nitrogen and oxygen atoms in total. The van der Waals surface area contributed by atoms with Crippen molar-refractivity contribution in [1.82, 2.24) is 25.1 Å². The van der Waals surface area contributed by atoms with E-state index in [-0.39, 0.29) is 27.4 Å². The van der Waals surface area contributed by atoms with Gasteiger partial charge in [-0.3, -0.25) is 14.5 Å². The van der Waals surface area contributed by atoms with E-state index < -0.39 is 52.9 Å². The van der Waals surface area contributed by atoms with Gasteiger partial charge in [-0.1, -0.05) is 41.9 Å². The fourth-order valence-electron chi connectivity index (χ4n) is 5.41. The number of hydrogen-bond acceptors (Lipinski definition) is 11. The summed E-state index contributed by atoms with van der Waals surface area (Å²) < 4.78 is 4.11. The molecule has 18 heteroatoms. The minimum Gasteiger partial charge on any atom is -0.478 e. The molecule has 2 amide bonds. The third-order valence-corrected chi connectivity index (χ3v) is 10.1. The van der Waals surface area contributed by atoms with E-state index in [0.717, 1.165) is 41.9 Å². The number of anilines is 1. The van der Waals surface area contributed by atoms with E-state index in [1.165, 1.54) is 16.7 Å². The molecule has 1 saturated heterocycles. The number of carbonyl (C=O) groups excluding carboxylic acids is 2. The Kier molecular flexibility index (Phi) is 10.4. The Morgan fingerprint density at radius 2 is 2.06 bits per heavy atom. The number of aliphatic carboxylic acids is 2. The van der Waals surface area contributed by atoms with Crippen LogP contribution in [0.25, 0.3) is 11.0 Å². The summed E-state index contributed by atoms with van der Waals surface area (Å²) in [6.07, 6.45) is 3.44. The monoisotopic (exact) mass is 705 g/mol. The number of halogens is 1. The summed E-state index contributed by atoms with van der Waals surface area (Å²) in [5, 5.41) is 28.5. The second-order valence-corrected chi connectivity index (χ2v) is 14.0. The van der Waals surface area contributed by atoms with Crippen molar-refractivity contribution < 1.29 is 38.8 Å². The number of aromatic nitrogens is 3. The number of β-lactam (4-membered cyclic amide) rings is 1. The molecule has 3 aromatic heterocycles. The number of amides is 2. The second-order valence-electron chi connectivity index (χ2n) is 11.2. The summed E-state index contributed by atoms with van der Waals surface area (Å²) in [5.41, 5.74) is 7.50. The van der Waals surface area contributed by atoms with Crippen LogP contribution in [0.1, 0.15) is 26.0 Å². The standard InChI is InChI=1S/C29H33ClN8O7S2/c1-14(2)22(28(43)44)45-35-19(18-23(30)47-29(31)34-18)24(39)33-20-25(40)38-21(27(41)42)15(13-46-26(20)38)12-37-9-4-6-16-17(37)7-11-36(16)10-5-8-32-3/h4,6-7,9,11,14,20,22,26,32H,5,8,10,12-13H2,1-3H3,(H4-,31,33,34,39,41,42,43,44)/p+1/t20?,22-,26?/m1/s1. The van der Waals surface area contributed by atoms with Crippen LogP contribution in [0.2, 0.25) is 4.34 Å². The zero-order chi connectivity index (χ0) is 34.0. The van der Waals surface area contributed by atoms with Crippen LogP contribution in [0.3, 0.4) is 0 Å². The molecular weight excluding hydrogens is 672 g/mol. The summed E-state index contributed by atoms with van der Waals surface area (Å²) >= 11 is 8.43. The Morgan fingerprint density at radius 1 is 1.30 bits per heavy atom. The highest BCUT2D eigenvalue weighted by molar-refractivity contribution is 8.00. The molecule has 2 unspecified atom stereocenters. The van der Waals surface area contributed by atoms with Crippen molar-refractivity contribution >= 4 is 80.3 Å². The normalized spacial score (nSPS) is 18.7. The quantitative estimate of drug-likeness (QED) is 0.0534. The summed E-state index contributed by atoms with van der Waals surface area (Å²) in [6.45, 7) is 5.16. The fraction of sp³-hybridized carbons (Fsp3) is 0.414. The number of hydrogen-bond donors (Lipinski definition) is 5. The molecule has 5 heterocycles. The van der Waals surface area contributed by atoms with Crippen LogP contribution in [-0.2, 0) is 37.1 Å². The van der Waals surface area contributed by atoms with Crippen molar-refractivity contribution in [3.8, 4) is 0 Å². The first-order valence-electron chi connectivity index (χ1n) is 14.6. The molecule has 2 aliphatic rings. The molecule has 0 bridgehead atoms. The average molecular weight is 706 g/mol. The van der Waals surface area contributed by atoms with Gasteiger partial charge in [-0.25, -0.2) is 14.6 Å². The minimum absolute atomic E-state index is 0.00611. The van der Waals surface area contributed by atoms with Gasteiger partial charge in [0.05, 0.1) is 0 Å². The van der Waals surface area contributed by atoms with E-state index in [1.54, 1.807) is 13.8 Å². The maximum absolute atomic E-state index is 13.5. The van der Waals surface area contributed by atoms with E-state index >= 15 is 0 Å². The van der Waals surface area contributed by atoms with Gasteiger partial charge in [0.25, 0.3) is 11.8 Å². The molecule has 0 aliphatic carbocycles. The molecule has 2 aliphatic heterocycles. The first-order valence-corrected chi connectivity index (χ1v) is 16.9. The predicted molar refractivity (Wildman–Crippen MR) is 176 cm³/mol. The number of carboxylic acid groups (broad SMARTS) is 2. The van der Waals surface area contributed by atoms with Crippen molar-refractivity contribution in [3.05, 3.63) is 51.9 Å². The summed E-state index contributed by atoms with van der Waals surface area (Å²) in [6, 6.07) is 4.80. The third kappa shape index (κ3) is 6.93. The van der Waals surface area contributed by atoms with Crippen molar-refractivity contribution in [3.63, 3.8) is 0 Å². The van der Waals surface area contributed by atoms with Crippen LogP contribution in [-0.4, -0.2) is 91.0 Å². The van der Waals surface area contributed by atoms with Crippen molar-refractivity contribution in [2.45, 2.75) is 50.9 Å². The lowest BCUT2D eigenvalue weighted by molar-refractivity contribution is -0.663. The Hall–Kier alpha value is -4.19. The van der Waals surface area contributed by atoms with Gasteiger partial charge in [-0.05, 0) is 26.1 Å². The van der Waals surface area contributed by atoms with Crippen LogP contribution in [0.15, 0.2) is 47.0 Å². The Balaban J connectivity index is 1.37. The molecule has 3 aromatic rings. The lowest BCUT2D eigenvalue weighted by atomic mass is 10.0. The maximum Gasteiger partial charge on any atom is 0.352 e. The lowest BCUT2D eigenvalue weighted by Gasteiger charge is -2.49. The average Bonchev–Trinajstić information content (AvgIpc) is 3.59. The minimum atomic E-state index is -1.38. The highest BCUT2D eigenvalue weighted by atomic mass is 35.5. The Morgan fingerprint density at radius 3 is 2.70 bits per heavy atom. The highest BCUT2D eigenvalue weighted by Crippen LogP contribution is 2.40. The van der Waals surface area contributed by atoms with E-state index in [2.05, 4.69) is 25.3 Å². The number of oxime groups is 1. The van der Waals surface area contributed by atoms with Gasteiger partial charge < -0.3 is 36.0 Å². The maximum atomic E-state index is 13.5. The van der Waals surface area contributed by atoms with Crippen molar-refractivity contribution in [2.24, 2.45) is 11.1 Å². The smallest absolute Gasteiger partial charge is 0.352 e. The van der Waals surface area contributed by atoms with Crippen LogP contribution in [0, 0.1) is 5.92 Å². The second kappa shape index (κ2) is 14.3. The number of nitrogens with two attached hydrogens (primary N) is 1. The zero-order valence-electron chi connectivity index (χ0n) is 25.7. The molecular formula is C29H34ClN8O7S2+. The number of thioether (sulfide) groups is 1.